The van der Waals surface area contributed by atoms with Crippen molar-refractivity contribution in [3.63, 3.8) is 0 Å². The molecule has 0 aromatic heterocycles. The van der Waals surface area contributed by atoms with Gasteiger partial charge in [-0.2, -0.15) is 0 Å². The fraction of sp³-hybridized carbons (Fsp3) is 0.364. The third-order valence-electron chi connectivity index (χ3n) is 1.95. The fourth-order valence-electron chi connectivity index (χ4n) is 1.12. The standard InChI is InChI=1S/C11H14O5/c1-15-10-7-8(3-4-9(10)13)11(14)16-6-2-5-12/h3-4,7,12-13H,2,5-6H2,1H3. The van der Waals surface area contributed by atoms with Gasteiger partial charge in [-0.1, -0.05) is 0 Å². The van der Waals surface area contributed by atoms with Crippen LogP contribution in [0.3, 0.4) is 0 Å². The third kappa shape index (κ3) is 3.13. The van der Waals surface area contributed by atoms with Crippen LogP contribution in [0.15, 0.2) is 18.2 Å². The molecular weight excluding hydrogens is 212 g/mol. The fourth-order valence-corrected chi connectivity index (χ4v) is 1.12. The number of phenolic OH excluding ortho intramolecular Hbond substituents is 1. The average Bonchev–Trinajstić information content (AvgIpc) is 2.30. The lowest BCUT2D eigenvalue weighted by Gasteiger charge is -2.06. The van der Waals surface area contributed by atoms with Gasteiger partial charge in [0, 0.05) is 13.0 Å². The highest BCUT2D eigenvalue weighted by Gasteiger charge is 2.10. The van der Waals surface area contributed by atoms with Crippen LogP contribution in [0.1, 0.15) is 16.8 Å². The van der Waals surface area contributed by atoms with E-state index in [0.29, 0.717) is 12.0 Å². The van der Waals surface area contributed by atoms with Crippen LogP contribution in [-0.2, 0) is 4.74 Å². The Labute approximate surface area is 93.2 Å². The molecular formula is C11H14O5. The predicted octanol–water partition coefficient (Wildman–Crippen LogP) is 0.940. The Kier molecular flexibility index (Phi) is 4.60. The number of esters is 1. The van der Waals surface area contributed by atoms with Gasteiger partial charge in [-0.25, -0.2) is 4.79 Å². The number of hydrogen-bond donors (Lipinski definition) is 2. The summed E-state index contributed by atoms with van der Waals surface area (Å²) < 4.78 is 9.74. The van der Waals surface area contributed by atoms with Crippen LogP contribution in [0.25, 0.3) is 0 Å². The van der Waals surface area contributed by atoms with Gasteiger partial charge in [0.25, 0.3) is 0 Å². The largest absolute Gasteiger partial charge is 0.504 e. The molecule has 5 heteroatoms. The summed E-state index contributed by atoms with van der Waals surface area (Å²) in [6.45, 7) is 0.144. The van der Waals surface area contributed by atoms with E-state index in [4.69, 9.17) is 14.6 Å². The molecule has 0 radical (unpaired) electrons. The SMILES string of the molecule is COc1cc(C(=O)OCCCO)ccc1O. The number of carbonyl (C=O) groups is 1. The summed E-state index contributed by atoms with van der Waals surface area (Å²) in [5.74, 6) is -0.322. The van der Waals surface area contributed by atoms with Gasteiger partial charge in [0.1, 0.15) is 0 Å². The number of methoxy groups -OCH3 is 1. The Morgan fingerprint density at radius 2 is 2.19 bits per heavy atom. The van der Waals surface area contributed by atoms with Crippen LogP contribution < -0.4 is 4.74 Å². The van der Waals surface area contributed by atoms with Crippen molar-refractivity contribution in [2.45, 2.75) is 6.42 Å². The summed E-state index contributed by atoms with van der Waals surface area (Å²) in [7, 11) is 1.40. The lowest BCUT2D eigenvalue weighted by Crippen LogP contribution is -2.07. The molecule has 5 nitrogen and oxygen atoms in total. The summed E-state index contributed by atoms with van der Waals surface area (Å²) in [4.78, 5) is 11.5. The molecule has 88 valence electrons. The minimum Gasteiger partial charge on any atom is -0.504 e. The Morgan fingerprint density at radius 1 is 1.44 bits per heavy atom. The van der Waals surface area contributed by atoms with E-state index in [2.05, 4.69) is 0 Å². The first-order valence-electron chi connectivity index (χ1n) is 4.84. The van der Waals surface area contributed by atoms with Crippen molar-refractivity contribution in [2.24, 2.45) is 0 Å². The van der Waals surface area contributed by atoms with Gasteiger partial charge in [-0.15, -0.1) is 0 Å². The second-order valence-corrected chi connectivity index (χ2v) is 3.10. The molecule has 0 saturated carbocycles. The molecule has 0 saturated heterocycles. The van der Waals surface area contributed by atoms with Crippen LogP contribution >= 0.6 is 0 Å². The van der Waals surface area contributed by atoms with E-state index < -0.39 is 5.97 Å². The van der Waals surface area contributed by atoms with Gasteiger partial charge in [-0.3, -0.25) is 0 Å². The van der Waals surface area contributed by atoms with Gasteiger partial charge < -0.3 is 19.7 Å². The Balaban J connectivity index is 2.68. The Bertz CT molecular complexity index is 361. The number of rotatable bonds is 5. The maximum absolute atomic E-state index is 11.5. The maximum Gasteiger partial charge on any atom is 0.338 e. The molecule has 0 heterocycles. The quantitative estimate of drug-likeness (QED) is 0.577. The summed E-state index contributed by atoms with van der Waals surface area (Å²) in [6.07, 6.45) is 0.404. The Hall–Kier alpha value is -1.75. The Morgan fingerprint density at radius 3 is 2.81 bits per heavy atom. The molecule has 0 unspecified atom stereocenters. The summed E-state index contributed by atoms with van der Waals surface area (Å²) in [5.41, 5.74) is 0.299. The van der Waals surface area contributed by atoms with Crippen LogP contribution in [0, 0.1) is 0 Å². The lowest BCUT2D eigenvalue weighted by atomic mass is 10.2. The maximum atomic E-state index is 11.5. The van der Waals surface area contributed by atoms with Crippen molar-refractivity contribution in [2.75, 3.05) is 20.3 Å². The van der Waals surface area contributed by atoms with Gasteiger partial charge in [0.15, 0.2) is 11.5 Å². The average molecular weight is 226 g/mol. The minimum atomic E-state index is -0.508. The first-order chi connectivity index (χ1) is 7.69. The van der Waals surface area contributed by atoms with Crippen LogP contribution in [0.5, 0.6) is 11.5 Å². The van der Waals surface area contributed by atoms with Crippen molar-refractivity contribution >= 4 is 5.97 Å². The summed E-state index contributed by atoms with van der Waals surface area (Å²) in [5, 5.41) is 17.8. The van der Waals surface area contributed by atoms with Crippen molar-refractivity contribution in [3.8, 4) is 11.5 Å². The molecule has 0 aliphatic rings. The zero-order valence-corrected chi connectivity index (χ0v) is 8.97. The molecule has 1 rings (SSSR count). The zero-order valence-electron chi connectivity index (χ0n) is 8.97. The minimum absolute atomic E-state index is 0.0216. The van der Waals surface area contributed by atoms with Crippen molar-refractivity contribution in [3.05, 3.63) is 23.8 Å². The number of phenols is 1. The van der Waals surface area contributed by atoms with E-state index >= 15 is 0 Å². The normalized spacial score (nSPS) is 9.88. The number of hydrogen-bond acceptors (Lipinski definition) is 5. The second kappa shape index (κ2) is 5.97. The van der Waals surface area contributed by atoms with Crippen molar-refractivity contribution < 1.29 is 24.5 Å². The smallest absolute Gasteiger partial charge is 0.338 e. The topological polar surface area (TPSA) is 76.0 Å². The molecule has 0 aliphatic heterocycles. The van der Waals surface area contributed by atoms with E-state index in [1.807, 2.05) is 0 Å². The lowest BCUT2D eigenvalue weighted by molar-refractivity contribution is 0.0481. The number of aliphatic hydroxyl groups is 1. The highest BCUT2D eigenvalue weighted by molar-refractivity contribution is 5.90. The molecule has 16 heavy (non-hydrogen) atoms. The van der Waals surface area contributed by atoms with Crippen molar-refractivity contribution in [1.29, 1.82) is 0 Å². The van der Waals surface area contributed by atoms with Crippen LogP contribution in [0.2, 0.25) is 0 Å². The summed E-state index contributed by atoms with van der Waals surface area (Å²) in [6, 6.07) is 4.21. The molecule has 1 aromatic carbocycles. The van der Waals surface area contributed by atoms with Gasteiger partial charge in [0.05, 0.1) is 19.3 Å². The van der Waals surface area contributed by atoms with E-state index in [1.165, 1.54) is 25.3 Å². The molecule has 0 atom stereocenters. The van der Waals surface area contributed by atoms with Gasteiger partial charge in [0.2, 0.25) is 0 Å². The number of aromatic hydroxyl groups is 1. The molecule has 0 fully saturated rings. The van der Waals surface area contributed by atoms with Gasteiger partial charge >= 0.3 is 5.97 Å². The molecule has 0 spiro atoms. The van der Waals surface area contributed by atoms with E-state index in [1.54, 1.807) is 0 Å². The zero-order chi connectivity index (χ0) is 12.0. The first-order valence-corrected chi connectivity index (χ1v) is 4.84. The monoisotopic (exact) mass is 226 g/mol. The van der Waals surface area contributed by atoms with Gasteiger partial charge in [-0.05, 0) is 18.2 Å². The van der Waals surface area contributed by atoms with E-state index in [0.717, 1.165) is 0 Å². The first kappa shape index (κ1) is 12.3. The molecule has 0 amide bonds. The molecule has 1 aromatic rings. The van der Waals surface area contributed by atoms with E-state index in [-0.39, 0.29) is 24.7 Å². The summed E-state index contributed by atoms with van der Waals surface area (Å²) >= 11 is 0. The molecule has 2 N–H and O–H groups in total. The van der Waals surface area contributed by atoms with E-state index in [9.17, 15) is 9.90 Å². The van der Waals surface area contributed by atoms with Crippen LogP contribution in [0.4, 0.5) is 0 Å². The number of benzene rings is 1. The number of aliphatic hydroxyl groups excluding tert-OH is 1. The number of ether oxygens (including phenoxy) is 2. The molecule has 0 bridgehead atoms. The number of carbonyl (C=O) groups excluding carboxylic acids is 1. The predicted molar refractivity (Wildman–Crippen MR) is 56.6 cm³/mol. The highest BCUT2D eigenvalue weighted by Crippen LogP contribution is 2.26. The molecule has 0 aliphatic carbocycles. The third-order valence-corrected chi connectivity index (χ3v) is 1.95. The highest BCUT2D eigenvalue weighted by atomic mass is 16.5. The van der Waals surface area contributed by atoms with Crippen LogP contribution in [-0.4, -0.2) is 36.5 Å². The van der Waals surface area contributed by atoms with Crippen molar-refractivity contribution in [1.82, 2.24) is 0 Å². The second-order valence-electron chi connectivity index (χ2n) is 3.10.